The average Bonchev–Trinajstić information content (AvgIpc) is 2.71. The van der Waals surface area contributed by atoms with Gasteiger partial charge in [-0.05, 0) is 5.31 Å². The Morgan fingerprint density at radius 1 is 0.533 bits per heavy atom. The number of benzene rings is 2. The van der Waals surface area contributed by atoms with E-state index in [4.69, 9.17) is 0 Å². The van der Waals surface area contributed by atoms with Gasteiger partial charge in [0.05, 0.1) is 5.56 Å². The first kappa shape index (κ1) is 24.1. The van der Waals surface area contributed by atoms with E-state index in [2.05, 4.69) is 0 Å². The second-order valence-corrected chi connectivity index (χ2v) is 7.37. The molecule has 0 nitrogen and oxygen atoms in total. The van der Waals surface area contributed by atoms with Crippen molar-refractivity contribution in [2.45, 2.75) is 51.3 Å². The Bertz CT molecular complexity index is 945. The molecule has 0 N–H and O–H groups in total. The Morgan fingerprint density at radius 3 is 1.37 bits per heavy atom. The van der Waals surface area contributed by atoms with Crippen LogP contribution < -0.4 is 0 Å². The van der Waals surface area contributed by atoms with Gasteiger partial charge in [0, 0.05) is 11.1 Å². The summed E-state index contributed by atoms with van der Waals surface area (Å²) in [5, 5.41) is -1.47. The molecule has 0 aliphatic heterocycles. The maximum atomic E-state index is 14.9. The molecule has 0 radical (unpaired) electrons. The van der Waals surface area contributed by atoms with Crippen LogP contribution in [0.5, 0.6) is 0 Å². The molecule has 30 heavy (non-hydrogen) atoms. The van der Waals surface area contributed by atoms with E-state index in [1.54, 1.807) is 13.8 Å². The van der Waals surface area contributed by atoms with Gasteiger partial charge in [0.25, 0.3) is 0 Å². The molecule has 164 valence electrons. The van der Waals surface area contributed by atoms with Gasteiger partial charge < -0.3 is 0 Å². The van der Waals surface area contributed by atoms with Gasteiger partial charge in [-0.1, -0.05) is 46.0 Å². The summed E-state index contributed by atoms with van der Waals surface area (Å²) in [6, 6.07) is 0. The second-order valence-electron chi connectivity index (χ2n) is 7.37. The fraction of sp³-hybridized carbons (Fsp3) is 0.400. The standard InChI is InChI=1S/C20H18BF9/c1-3-5-7-20(21,6-4-2)10-8(11(22)15(26)18(29)14(10)25)9-12(23)16(27)19(30)17(28)13(9)24/h3-7,21H2,1-2H3. The number of unbranched alkanes of at least 4 members (excludes halogenated alkanes) is 1. The molecular weight excluding hydrogens is 422 g/mol. The van der Waals surface area contributed by atoms with E-state index in [1.165, 1.54) is 7.85 Å². The van der Waals surface area contributed by atoms with Crippen molar-refractivity contribution in [3.05, 3.63) is 57.9 Å². The average molecular weight is 440 g/mol. The van der Waals surface area contributed by atoms with Gasteiger partial charge in [-0.15, -0.1) is 0 Å². The van der Waals surface area contributed by atoms with Crippen molar-refractivity contribution in [1.29, 1.82) is 0 Å². The minimum absolute atomic E-state index is 0.0524. The molecular formula is C20H18BF9. The van der Waals surface area contributed by atoms with Gasteiger partial charge in [0.2, 0.25) is 5.82 Å². The van der Waals surface area contributed by atoms with Crippen LogP contribution in [0.25, 0.3) is 11.1 Å². The Kier molecular flexibility index (Phi) is 7.19. The Morgan fingerprint density at radius 2 is 0.933 bits per heavy atom. The van der Waals surface area contributed by atoms with Crippen LogP contribution in [-0.4, -0.2) is 7.85 Å². The monoisotopic (exact) mass is 440 g/mol. The molecule has 0 aliphatic rings. The van der Waals surface area contributed by atoms with Gasteiger partial charge >= 0.3 is 0 Å². The fourth-order valence-corrected chi connectivity index (χ4v) is 3.75. The molecule has 1 unspecified atom stereocenters. The molecule has 1 atom stereocenters. The predicted octanol–water partition coefficient (Wildman–Crippen LogP) is 6.42. The summed E-state index contributed by atoms with van der Waals surface area (Å²) < 4.78 is 127. The summed E-state index contributed by atoms with van der Waals surface area (Å²) >= 11 is 0. The molecule has 0 fully saturated rings. The maximum Gasteiger partial charge on any atom is 0.200 e. The third-order valence-electron chi connectivity index (χ3n) is 5.21. The van der Waals surface area contributed by atoms with Gasteiger partial charge in [-0.2, -0.15) is 0 Å². The van der Waals surface area contributed by atoms with Crippen molar-refractivity contribution in [3.8, 4) is 11.1 Å². The second kappa shape index (κ2) is 8.94. The molecule has 0 aliphatic carbocycles. The zero-order chi connectivity index (χ0) is 23.0. The van der Waals surface area contributed by atoms with E-state index < -0.39 is 74.4 Å². The highest BCUT2D eigenvalue weighted by Crippen LogP contribution is 2.45. The van der Waals surface area contributed by atoms with Gasteiger partial charge in [0.15, 0.2) is 46.5 Å². The maximum absolute atomic E-state index is 14.9. The van der Waals surface area contributed by atoms with Crippen molar-refractivity contribution in [3.63, 3.8) is 0 Å². The zero-order valence-electron chi connectivity index (χ0n) is 16.4. The number of halogens is 9. The van der Waals surface area contributed by atoms with Crippen LogP contribution >= 0.6 is 0 Å². The normalized spacial score (nSPS) is 13.6. The van der Waals surface area contributed by atoms with E-state index >= 15 is 0 Å². The largest absolute Gasteiger partial charge is 0.203 e. The lowest BCUT2D eigenvalue weighted by Crippen LogP contribution is -2.30. The van der Waals surface area contributed by atoms with E-state index in [-0.39, 0.29) is 12.8 Å². The minimum Gasteiger partial charge on any atom is -0.203 e. The molecule has 0 heterocycles. The zero-order valence-corrected chi connectivity index (χ0v) is 16.4. The molecule has 0 bridgehead atoms. The van der Waals surface area contributed by atoms with E-state index in [9.17, 15) is 39.5 Å². The van der Waals surface area contributed by atoms with Gasteiger partial charge in [0.1, 0.15) is 7.85 Å². The molecule has 0 aromatic heterocycles. The Balaban J connectivity index is 3.09. The van der Waals surface area contributed by atoms with Crippen LogP contribution in [-0.2, 0) is 5.31 Å². The van der Waals surface area contributed by atoms with E-state index in [0.717, 1.165) is 0 Å². The highest BCUT2D eigenvalue weighted by Gasteiger charge is 2.40. The molecule has 0 saturated carbocycles. The van der Waals surface area contributed by atoms with Crippen LogP contribution in [0.2, 0.25) is 0 Å². The molecule has 10 heteroatoms. The first-order valence-corrected chi connectivity index (χ1v) is 9.32. The lowest BCUT2D eigenvalue weighted by Gasteiger charge is -2.33. The van der Waals surface area contributed by atoms with E-state index in [0.29, 0.717) is 19.3 Å². The van der Waals surface area contributed by atoms with E-state index in [1.807, 2.05) is 0 Å². The number of rotatable bonds is 7. The van der Waals surface area contributed by atoms with Crippen molar-refractivity contribution in [2.24, 2.45) is 0 Å². The lowest BCUT2D eigenvalue weighted by molar-refractivity contribution is 0.374. The Labute approximate surface area is 168 Å². The third kappa shape index (κ3) is 3.80. The third-order valence-corrected chi connectivity index (χ3v) is 5.21. The smallest absolute Gasteiger partial charge is 0.200 e. The first-order valence-electron chi connectivity index (χ1n) is 9.32. The molecule has 0 spiro atoms. The molecule has 2 rings (SSSR count). The summed E-state index contributed by atoms with van der Waals surface area (Å²) in [5.74, 6) is -21.1. The van der Waals surface area contributed by atoms with Crippen LogP contribution in [0.4, 0.5) is 39.5 Å². The topological polar surface area (TPSA) is 0 Å². The molecule has 2 aromatic rings. The lowest BCUT2D eigenvalue weighted by atomic mass is 9.57. The highest BCUT2D eigenvalue weighted by molar-refractivity contribution is 6.16. The summed E-state index contributed by atoms with van der Waals surface area (Å²) in [5.41, 5.74) is -4.31. The Hall–Kier alpha value is -2.13. The van der Waals surface area contributed by atoms with Crippen molar-refractivity contribution < 1.29 is 39.5 Å². The van der Waals surface area contributed by atoms with Crippen molar-refractivity contribution in [1.82, 2.24) is 0 Å². The van der Waals surface area contributed by atoms with Crippen molar-refractivity contribution >= 4 is 7.85 Å². The quantitative estimate of drug-likeness (QED) is 0.202. The number of hydrogen-bond donors (Lipinski definition) is 0. The number of hydrogen-bond acceptors (Lipinski definition) is 0. The summed E-state index contributed by atoms with van der Waals surface area (Å²) in [6.07, 6.45) is 1.41. The van der Waals surface area contributed by atoms with Crippen LogP contribution in [0.15, 0.2) is 0 Å². The fourth-order valence-electron chi connectivity index (χ4n) is 3.75. The molecule has 0 amide bonds. The van der Waals surface area contributed by atoms with Crippen LogP contribution in [0, 0.1) is 52.4 Å². The summed E-state index contributed by atoms with van der Waals surface area (Å²) in [6.45, 7) is 3.41. The minimum atomic E-state index is -2.51. The highest BCUT2D eigenvalue weighted by atomic mass is 19.2. The molecule has 0 saturated heterocycles. The molecule has 2 aromatic carbocycles. The van der Waals surface area contributed by atoms with Gasteiger partial charge in [-0.3, -0.25) is 0 Å². The van der Waals surface area contributed by atoms with Gasteiger partial charge in [-0.25, -0.2) is 39.5 Å². The first-order chi connectivity index (χ1) is 13.9. The summed E-state index contributed by atoms with van der Waals surface area (Å²) in [4.78, 5) is 0. The van der Waals surface area contributed by atoms with Crippen LogP contribution in [0.1, 0.15) is 51.5 Å². The SMILES string of the molecule is BC(CCC)(CCCC)c1c(F)c(F)c(F)c(F)c1-c1c(F)c(F)c(F)c(F)c1F. The van der Waals surface area contributed by atoms with Crippen LogP contribution in [0.3, 0.4) is 0 Å². The van der Waals surface area contributed by atoms with Crippen molar-refractivity contribution in [2.75, 3.05) is 0 Å². The summed E-state index contributed by atoms with van der Waals surface area (Å²) in [7, 11) is 1.34. The predicted molar refractivity (Wildman–Crippen MR) is 96.2 cm³/mol.